The van der Waals surface area contributed by atoms with Crippen molar-refractivity contribution in [2.45, 2.75) is 26.8 Å². The molecule has 0 aliphatic carbocycles. The molecule has 4 nitrogen and oxygen atoms in total. The van der Waals surface area contributed by atoms with Crippen LogP contribution < -0.4 is 10.6 Å². The van der Waals surface area contributed by atoms with E-state index in [1.165, 1.54) is 0 Å². The van der Waals surface area contributed by atoms with Crippen LogP contribution in [0.15, 0.2) is 34.7 Å². The fourth-order valence-corrected chi connectivity index (χ4v) is 3.41. The van der Waals surface area contributed by atoms with E-state index in [9.17, 15) is 9.18 Å². The number of hydrogen-bond donors (Lipinski definition) is 2. The van der Waals surface area contributed by atoms with E-state index in [0.717, 1.165) is 28.6 Å². The Kier molecular flexibility index (Phi) is 3.81. The molecular weight excluding hydrogens is 319 g/mol. The van der Waals surface area contributed by atoms with Crippen molar-refractivity contribution in [2.75, 3.05) is 11.9 Å². The summed E-state index contributed by atoms with van der Waals surface area (Å²) in [5.74, 6) is -0.554. The first-order valence-corrected chi connectivity index (χ1v) is 8.37. The van der Waals surface area contributed by atoms with E-state index in [0.29, 0.717) is 24.1 Å². The molecule has 0 bridgehead atoms. The predicted molar refractivity (Wildman–Crippen MR) is 95.5 cm³/mol. The molecule has 2 N–H and O–H groups in total. The maximum absolute atomic E-state index is 14.7. The van der Waals surface area contributed by atoms with E-state index in [2.05, 4.69) is 10.6 Å². The average molecular weight is 338 g/mol. The highest BCUT2D eigenvalue weighted by atomic mass is 19.1. The van der Waals surface area contributed by atoms with Crippen LogP contribution in [0.3, 0.4) is 0 Å². The molecule has 128 valence electrons. The summed E-state index contributed by atoms with van der Waals surface area (Å²) < 4.78 is 20.5. The lowest BCUT2D eigenvalue weighted by Gasteiger charge is -2.19. The van der Waals surface area contributed by atoms with Gasteiger partial charge in [0.15, 0.2) is 5.76 Å². The van der Waals surface area contributed by atoms with Gasteiger partial charge in [-0.1, -0.05) is 24.3 Å². The number of benzene rings is 2. The molecule has 1 aliphatic rings. The number of para-hydroxylation sites is 1. The minimum atomic E-state index is -0.430. The van der Waals surface area contributed by atoms with Crippen LogP contribution in [0, 0.1) is 19.7 Å². The van der Waals surface area contributed by atoms with Crippen LogP contribution in [0.1, 0.15) is 32.8 Å². The van der Waals surface area contributed by atoms with Gasteiger partial charge in [-0.25, -0.2) is 4.39 Å². The monoisotopic (exact) mass is 338 g/mol. The largest absolute Gasteiger partial charge is 0.450 e. The first-order chi connectivity index (χ1) is 12.1. The lowest BCUT2D eigenvalue weighted by atomic mass is 9.99. The number of anilines is 1. The normalized spacial score (nSPS) is 13.7. The molecule has 1 amide bonds. The molecule has 4 rings (SSSR count). The molecule has 0 saturated heterocycles. The van der Waals surface area contributed by atoms with Gasteiger partial charge in [0.2, 0.25) is 0 Å². The number of rotatable bonds is 2. The third-order valence-corrected chi connectivity index (χ3v) is 4.82. The van der Waals surface area contributed by atoms with Crippen molar-refractivity contribution in [1.29, 1.82) is 0 Å². The van der Waals surface area contributed by atoms with Gasteiger partial charge >= 0.3 is 0 Å². The van der Waals surface area contributed by atoms with Crippen LogP contribution in [0.25, 0.3) is 11.0 Å². The van der Waals surface area contributed by atoms with Crippen molar-refractivity contribution >= 4 is 22.6 Å². The van der Waals surface area contributed by atoms with Gasteiger partial charge in [0, 0.05) is 17.5 Å². The second kappa shape index (κ2) is 6.01. The minimum absolute atomic E-state index is 0.197. The molecule has 3 aromatic rings. The van der Waals surface area contributed by atoms with Crippen LogP contribution in [-0.4, -0.2) is 12.5 Å². The Labute approximate surface area is 145 Å². The molecule has 2 aromatic carbocycles. The highest BCUT2D eigenvalue weighted by molar-refractivity contribution is 6.06. The molecule has 1 aliphatic heterocycles. The lowest BCUT2D eigenvalue weighted by molar-refractivity contribution is 0.0997. The fourth-order valence-electron chi connectivity index (χ4n) is 3.41. The third-order valence-electron chi connectivity index (χ3n) is 4.82. The quantitative estimate of drug-likeness (QED) is 0.740. The summed E-state index contributed by atoms with van der Waals surface area (Å²) in [6.07, 6.45) is 0.619. The molecule has 0 fully saturated rings. The van der Waals surface area contributed by atoms with Gasteiger partial charge in [-0.05, 0) is 49.6 Å². The standard InChI is InChI=1S/C20H19FN2O2/c1-11-4-3-5-14-12(2)19(25-18(11)14)20(24)23-16-7-6-13-10-22-9-8-15(13)17(16)21/h3-7,22H,8-10H2,1-2H3,(H,23,24). The smallest absolute Gasteiger partial charge is 0.291 e. The summed E-state index contributed by atoms with van der Waals surface area (Å²) in [4.78, 5) is 12.7. The number of fused-ring (bicyclic) bond motifs is 2. The molecule has 0 atom stereocenters. The zero-order valence-electron chi connectivity index (χ0n) is 14.2. The van der Waals surface area contributed by atoms with E-state index in [1.807, 2.05) is 38.1 Å². The van der Waals surface area contributed by atoms with Gasteiger partial charge in [-0.2, -0.15) is 0 Å². The van der Waals surface area contributed by atoms with Crippen molar-refractivity contribution in [3.05, 3.63) is 64.2 Å². The summed E-state index contributed by atoms with van der Waals surface area (Å²) in [5, 5.41) is 6.79. The highest BCUT2D eigenvalue weighted by Gasteiger charge is 2.22. The molecule has 0 saturated carbocycles. The fraction of sp³-hybridized carbons (Fsp3) is 0.250. The number of hydrogen-bond acceptors (Lipinski definition) is 3. The van der Waals surface area contributed by atoms with Crippen LogP contribution in [-0.2, 0) is 13.0 Å². The van der Waals surface area contributed by atoms with Crippen molar-refractivity contribution in [1.82, 2.24) is 5.32 Å². The summed E-state index contributed by atoms with van der Waals surface area (Å²) in [7, 11) is 0. The lowest BCUT2D eigenvalue weighted by Crippen LogP contribution is -2.25. The van der Waals surface area contributed by atoms with Gasteiger partial charge in [-0.15, -0.1) is 0 Å². The SMILES string of the molecule is Cc1c(C(=O)Nc2ccc3c(c2F)CCNC3)oc2c(C)cccc12. The molecule has 0 unspecified atom stereocenters. The molecule has 0 spiro atoms. The molecule has 2 heterocycles. The molecule has 5 heteroatoms. The van der Waals surface area contributed by atoms with Gasteiger partial charge in [0.25, 0.3) is 5.91 Å². The van der Waals surface area contributed by atoms with Gasteiger partial charge in [0.1, 0.15) is 11.4 Å². The summed E-state index contributed by atoms with van der Waals surface area (Å²) in [6, 6.07) is 9.26. The predicted octanol–water partition coefficient (Wildman–Crippen LogP) is 4.09. The Morgan fingerprint density at radius 3 is 2.88 bits per heavy atom. The molecule has 1 aromatic heterocycles. The Morgan fingerprint density at radius 1 is 1.24 bits per heavy atom. The van der Waals surface area contributed by atoms with Crippen LogP contribution in [0.2, 0.25) is 0 Å². The summed E-state index contributed by atoms with van der Waals surface area (Å²) in [5.41, 5.74) is 4.24. The number of carbonyl (C=O) groups excluding carboxylic acids is 1. The Morgan fingerprint density at radius 2 is 2.08 bits per heavy atom. The number of carbonyl (C=O) groups is 1. The topological polar surface area (TPSA) is 54.3 Å². The summed E-state index contributed by atoms with van der Waals surface area (Å²) >= 11 is 0. The molecule has 0 radical (unpaired) electrons. The summed E-state index contributed by atoms with van der Waals surface area (Å²) in [6.45, 7) is 5.17. The average Bonchev–Trinajstić information content (AvgIpc) is 2.96. The van der Waals surface area contributed by atoms with Gasteiger partial charge in [-0.3, -0.25) is 4.79 Å². The second-order valence-electron chi connectivity index (χ2n) is 6.45. The molecular formula is C20H19FN2O2. The van der Waals surface area contributed by atoms with Crippen molar-refractivity contribution in [3.63, 3.8) is 0 Å². The van der Waals surface area contributed by atoms with E-state index in [1.54, 1.807) is 6.07 Å². The van der Waals surface area contributed by atoms with E-state index >= 15 is 0 Å². The number of nitrogens with one attached hydrogen (secondary N) is 2. The maximum Gasteiger partial charge on any atom is 0.291 e. The number of halogens is 1. The van der Waals surface area contributed by atoms with E-state index in [4.69, 9.17) is 4.42 Å². The first kappa shape index (κ1) is 15.8. The number of furan rings is 1. The van der Waals surface area contributed by atoms with Gasteiger partial charge < -0.3 is 15.1 Å². The Bertz CT molecular complexity index is 991. The number of aryl methyl sites for hydroxylation is 2. The zero-order chi connectivity index (χ0) is 17.6. The van der Waals surface area contributed by atoms with E-state index < -0.39 is 5.91 Å². The Balaban J connectivity index is 1.69. The van der Waals surface area contributed by atoms with Crippen molar-refractivity contribution in [2.24, 2.45) is 0 Å². The number of amides is 1. The van der Waals surface area contributed by atoms with Crippen LogP contribution in [0.5, 0.6) is 0 Å². The van der Waals surface area contributed by atoms with Crippen LogP contribution >= 0.6 is 0 Å². The van der Waals surface area contributed by atoms with Gasteiger partial charge in [0.05, 0.1) is 5.69 Å². The first-order valence-electron chi connectivity index (χ1n) is 8.37. The Hall–Kier alpha value is -2.66. The van der Waals surface area contributed by atoms with Crippen molar-refractivity contribution in [3.8, 4) is 0 Å². The zero-order valence-corrected chi connectivity index (χ0v) is 14.2. The van der Waals surface area contributed by atoms with E-state index in [-0.39, 0.29) is 17.3 Å². The maximum atomic E-state index is 14.7. The van der Waals surface area contributed by atoms with Crippen LogP contribution in [0.4, 0.5) is 10.1 Å². The molecule has 25 heavy (non-hydrogen) atoms. The van der Waals surface area contributed by atoms with Crippen molar-refractivity contribution < 1.29 is 13.6 Å². The second-order valence-corrected chi connectivity index (χ2v) is 6.45. The highest BCUT2D eigenvalue weighted by Crippen LogP contribution is 2.29. The minimum Gasteiger partial charge on any atom is -0.450 e. The third kappa shape index (κ3) is 2.61.